The first-order valence-electron chi connectivity index (χ1n) is 11.8. The van der Waals surface area contributed by atoms with Gasteiger partial charge in [0.25, 0.3) is 0 Å². The molecule has 0 saturated carbocycles. The molecule has 5 rings (SSSR count). The zero-order valence-corrected chi connectivity index (χ0v) is 20.5. The van der Waals surface area contributed by atoms with Crippen molar-refractivity contribution in [3.8, 4) is 11.4 Å². The molecule has 2 aliphatic rings. The van der Waals surface area contributed by atoms with Gasteiger partial charge in [0.1, 0.15) is 11.4 Å². The van der Waals surface area contributed by atoms with Gasteiger partial charge in [-0.1, -0.05) is 0 Å². The van der Waals surface area contributed by atoms with Crippen LogP contribution in [0, 0.1) is 24.4 Å². The molecule has 0 bridgehead atoms. The van der Waals surface area contributed by atoms with Crippen molar-refractivity contribution in [2.45, 2.75) is 64.1 Å². The second-order valence-electron chi connectivity index (χ2n) is 9.84. The summed E-state index contributed by atoms with van der Waals surface area (Å²) in [6.07, 6.45) is 4.90. The first-order chi connectivity index (χ1) is 17.2. The van der Waals surface area contributed by atoms with E-state index in [0.29, 0.717) is 6.04 Å². The van der Waals surface area contributed by atoms with E-state index < -0.39 is 23.1 Å². The summed E-state index contributed by atoms with van der Waals surface area (Å²) in [6, 6.07) is 1.58. The molecular weight excluding hydrogens is 475 g/mol. The van der Waals surface area contributed by atoms with Crippen LogP contribution in [0.15, 0.2) is 12.3 Å². The topological polar surface area (TPSA) is 106 Å². The Morgan fingerprint density at radius 1 is 1.19 bits per heavy atom. The molecule has 2 fully saturated rings. The number of hydrogen-bond acceptors (Lipinski definition) is 9. The average molecular weight is 504 g/mol. The molecule has 2 unspecified atom stereocenters. The van der Waals surface area contributed by atoms with Crippen LogP contribution in [0.5, 0.6) is 5.75 Å². The number of aromatic nitrogens is 6. The fourth-order valence-corrected chi connectivity index (χ4v) is 5.42. The number of nitrogens with zero attached hydrogens (tertiary/aromatic N) is 7. The lowest BCUT2D eigenvalue weighted by Gasteiger charge is -2.47. The predicted octanol–water partition coefficient (Wildman–Crippen LogP) is 3.75. The maximum Gasteiger partial charge on any atom is 0.229 e. The van der Waals surface area contributed by atoms with Crippen molar-refractivity contribution in [2.75, 3.05) is 24.3 Å². The molecule has 2 atom stereocenters. The number of ether oxygens (including phenoxy) is 1. The number of piperidine rings is 1. The molecule has 0 spiro atoms. The molecule has 0 aliphatic carbocycles. The van der Waals surface area contributed by atoms with Gasteiger partial charge in [-0.2, -0.15) is 9.67 Å². The molecule has 0 amide bonds. The lowest BCUT2D eigenvalue weighted by atomic mass is 9.84. The Kier molecular flexibility index (Phi) is 6.18. The molecule has 36 heavy (non-hydrogen) atoms. The third-order valence-corrected chi connectivity index (χ3v) is 7.00. The van der Waals surface area contributed by atoms with Gasteiger partial charge in [-0.3, -0.25) is 4.90 Å². The number of nitrogens with one attached hydrogen (secondary N) is 2. The summed E-state index contributed by atoms with van der Waals surface area (Å²) in [7, 11) is 1.25. The van der Waals surface area contributed by atoms with Crippen molar-refractivity contribution in [1.82, 2.24) is 35.1 Å². The van der Waals surface area contributed by atoms with E-state index in [2.05, 4.69) is 54.9 Å². The summed E-state index contributed by atoms with van der Waals surface area (Å²) >= 11 is 0. The van der Waals surface area contributed by atoms with Gasteiger partial charge >= 0.3 is 0 Å². The van der Waals surface area contributed by atoms with E-state index in [0.717, 1.165) is 49.2 Å². The minimum Gasteiger partial charge on any atom is -0.494 e. The number of hydrogen-bond donors (Lipinski definition) is 2. The van der Waals surface area contributed by atoms with Crippen LogP contribution >= 0.6 is 0 Å². The molecule has 4 heterocycles. The highest BCUT2D eigenvalue weighted by atomic mass is 19.1. The second-order valence-corrected chi connectivity index (χ2v) is 9.84. The number of anilines is 3. The third-order valence-electron chi connectivity index (χ3n) is 7.00. The smallest absolute Gasteiger partial charge is 0.229 e. The normalized spacial score (nSPS) is 21.3. The van der Waals surface area contributed by atoms with E-state index in [4.69, 9.17) is 4.74 Å². The summed E-state index contributed by atoms with van der Waals surface area (Å²) in [5.41, 5.74) is -0.735. The third kappa shape index (κ3) is 4.31. The molecule has 2 saturated heterocycles. The highest BCUT2D eigenvalue weighted by Gasteiger charge is 2.43. The predicted molar refractivity (Wildman–Crippen MR) is 126 cm³/mol. The fraction of sp³-hybridized carbons (Fsp3) is 0.522. The van der Waals surface area contributed by atoms with E-state index in [9.17, 15) is 4.39 Å². The molecule has 2 N–H and O–H groups in total. The second kappa shape index (κ2) is 9.19. The molecule has 3 aromatic rings. The largest absolute Gasteiger partial charge is 0.494 e. The highest BCUT2D eigenvalue weighted by molar-refractivity contribution is 5.64. The maximum absolute atomic E-state index is 15.4. The average Bonchev–Trinajstić information content (AvgIpc) is 3.48. The minimum atomic E-state index is -0.998. The number of benzene rings is 1. The number of fused-ring (bicyclic) bond motifs is 1. The van der Waals surface area contributed by atoms with Gasteiger partial charge in [0.15, 0.2) is 34.8 Å². The molecular formula is C23H28F3N9O. The number of tetrazole rings is 1. The van der Waals surface area contributed by atoms with E-state index in [1.54, 1.807) is 6.92 Å². The summed E-state index contributed by atoms with van der Waals surface area (Å²) in [5, 5.41) is 16.7. The molecule has 2 aromatic heterocycles. The van der Waals surface area contributed by atoms with Crippen LogP contribution in [0.2, 0.25) is 0 Å². The molecule has 10 nitrogen and oxygen atoms in total. The van der Waals surface area contributed by atoms with Gasteiger partial charge in [0, 0.05) is 23.7 Å². The summed E-state index contributed by atoms with van der Waals surface area (Å²) < 4.78 is 51.3. The molecule has 13 heteroatoms. The molecule has 1 aromatic carbocycles. The molecule has 2 aliphatic heterocycles. The van der Waals surface area contributed by atoms with Gasteiger partial charge in [-0.25, -0.2) is 18.2 Å². The molecule has 0 radical (unpaired) electrons. The van der Waals surface area contributed by atoms with Crippen molar-refractivity contribution >= 4 is 17.5 Å². The Labute approximate surface area is 206 Å². The number of rotatable bonds is 6. The van der Waals surface area contributed by atoms with Gasteiger partial charge in [-0.15, -0.1) is 5.10 Å². The lowest BCUT2D eigenvalue weighted by Crippen LogP contribution is -2.55. The minimum absolute atomic E-state index is 0.00344. The Morgan fingerprint density at radius 3 is 2.72 bits per heavy atom. The van der Waals surface area contributed by atoms with Crippen LogP contribution in [0.25, 0.3) is 5.69 Å². The first kappa shape index (κ1) is 24.2. The zero-order chi connectivity index (χ0) is 25.6. The summed E-state index contributed by atoms with van der Waals surface area (Å²) in [5.74, 6) is -2.79. The lowest BCUT2D eigenvalue weighted by molar-refractivity contribution is 0.0500. The summed E-state index contributed by atoms with van der Waals surface area (Å²) in [4.78, 5) is 10.6. The van der Waals surface area contributed by atoms with Gasteiger partial charge < -0.3 is 15.4 Å². The Hall–Kier alpha value is -3.48. The summed E-state index contributed by atoms with van der Waals surface area (Å²) in [6.45, 7) is 7.03. The quantitative estimate of drug-likeness (QED) is 0.520. The standard InChI is InChI=1S/C23H28F3N9O/c1-12-31-32-33-35(12)16-9-17(36-4)19(26)20(18(16)25)29-22-27-11-15(24)21(30-22)28-13-8-14-6-5-7-34(14)23(2,3)10-13/h9,11,13-14H,5-8,10H2,1-4H3,(H2,27,28,29,30). The van der Waals surface area contributed by atoms with Crippen molar-refractivity contribution in [3.05, 3.63) is 35.5 Å². The molecule has 192 valence electrons. The van der Waals surface area contributed by atoms with Gasteiger partial charge in [0.2, 0.25) is 5.95 Å². The zero-order valence-electron chi connectivity index (χ0n) is 20.5. The van der Waals surface area contributed by atoms with Crippen molar-refractivity contribution in [2.24, 2.45) is 0 Å². The highest BCUT2D eigenvalue weighted by Crippen LogP contribution is 2.39. The van der Waals surface area contributed by atoms with Crippen molar-refractivity contribution < 1.29 is 17.9 Å². The van der Waals surface area contributed by atoms with E-state index in [1.807, 2.05) is 0 Å². The van der Waals surface area contributed by atoms with Crippen molar-refractivity contribution in [3.63, 3.8) is 0 Å². The number of halogens is 3. The Balaban J connectivity index is 1.44. The van der Waals surface area contributed by atoms with E-state index in [1.165, 1.54) is 7.11 Å². The monoisotopic (exact) mass is 503 g/mol. The van der Waals surface area contributed by atoms with E-state index in [-0.39, 0.29) is 40.6 Å². The van der Waals surface area contributed by atoms with E-state index >= 15 is 8.78 Å². The van der Waals surface area contributed by atoms with Crippen molar-refractivity contribution in [1.29, 1.82) is 0 Å². The van der Waals surface area contributed by atoms with Crippen LogP contribution in [-0.4, -0.2) is 66.4 Å². The Morgan fingerprint density at radius 2 is 2.00 bits per heavy atom. The van der Waals surface area contributed by atoms with Crippen LogP contribution in [0.3, 0.4) is 0 Å². The first-order valence-corrected chi connectivity index (χ1v) is 11.8. The SMILES string of the molecule is COc1cc(-n2nnnc2C)c(F)c(Nc2ncc(F)c(NC3CC4CCCN4C(C)(C)C3)n2)c1F. The van der Waals surface area contributed by atoms with Crippen LogP contribution < -0.4 is 15.4 Å². The van der Waals surface area contributed by atoms with Crippen LogP contribution in [0.4, 0.5) is 30.6 Å². The maximum atomic E-state index is 15.4. The van der Waals surface area contributed by atoms with Gasteiger partial charge in [0.05, 0.1) is 13.3 Å². The number of methoxy groups -OCH3 is 1. The fourth-order valence-electron chi connectivity index (χ4n) is 5.42. The number of aryl methyl sites for hydroxylation is 1. The van der Waals surface area contributed by atoms with Crippen LogP contribution in [-0.2, 0) is 0 Å². The van der Waals surface area contributed by atoms with Crippen LogP contribution in [0.1, 0.15) is 45.4 Å². The van der Waals surface area contributed by atoms with Gasteiger partial charge in [-0.05, 0) is 63.4 Å². The Bertz CT molecular complexity index is 1280.